The fourth-order valence-electron chi connectivity index (χ4n) is 10.7. The van der Waals surface area contributed by atoms with Crippen LogP contribution in [0.5, 0.6) is 5.75 Å². The molecule has 1 aromatic carbocycles. The lowest BCUT2D eigenvalue weighted by Gasteiger charge is -2.65. The maximum Gasteiger partial charge on any atom is 0.144 e. The molecule has 206 valence electrons. The molecular formula is C34H54N2O. The van der Waals surface area contributed by atoms with Gasteiger partial charge in [0.25, 0.3) is 0 Å². The summed E-state index contributed by atoms with van der Waals surface area (Å²) >= 11 is 0. The molecule has 0 spiro atoms. The first-order valence-electron chi connectivity index (χ1n) is 15.3. The minimum Gasteiger partial charge on any atom is -0.488 e. The van der Waals surface area contributed by atoms with Crippen LogP contribution in [-0.2, 0) is 0 Å². The zero-order chi connectivity index (χ0) is 26.8. The van der Waals surface area contributed by atoms with Crippen molar-refractivity contribution < 1.29 is 4.74 Å². The summed E-state index contributed by atoms with van der Waals surface area (Å²) in [5.41, 5.74) is 16.3. The Morgan fingerprint density at radius 3 is 2.38 bits per heavy atom. The molecular weight excluding hydrogens is 452 g/mol. The number of allylic oxidation sites excluding steroid dienone is 2. The van der Waals surface area contributed by atoms with Gasteiger partial charge >= 0.3 is 0 Å². The number of hydrogen-bond donors (Lipinski definition) is 2. The van der Waals surface area contributed by atoms with Gasteiger partial charge in [0, 0.05) is 17.2 Å². The van der Waals surface area contributed by atoms with E-state index in [1.54, 1.807) is 0 Å². The highest BCUT2D eigenvalue weighted by Gasteiger charge is 2.63. The molecule has 1 aromatic rings. The summed E-state index contributed by atoms with van der Waals surface area (Å²) in [6, 6.07) is 5.65. The Kier molecular flexibility index (Phi) is 6.94. The molecule has 9 unspecified atom stereocenters. The van der Waals surface area contributed by atoms with Gasteiger partial charge in [-0.25, -0.2) is 0 Å². The molecule has 4 N–H and O–H groups in total. The zero-order valence-corrected chi connectivity index (χ0v) is 24.8. The summed E-state index contributed by atoms with van der Waals surface area (Å²) in [6.45, 7) is 17.4. The second-order valence-electron chi connectivity index (χ2n) is 15.0. The number of hydrogen-bond acceptors (Lipinski definition) is 3. The van der Waals surface area contributed by atoms with Crippen molar-refractivity contribution in [2.75, 3.05) is 11.5 Å². The molecule has 0 amide bonds. The van der Waals surface area contributed by atoms with Gasteiger partial charge in [-0.2, -0.15) is 0 Å². The van der Waals surface area contributed by atoms with Crippen molar-refractivity contribution in [3.63, 3.8) is 0 Å². The third kappa shape index (κ3) is 4.41. The van der Waals surface area contributed by atoms with Crippen molar-refractivity contribution in [3.8, 4) is 5.75 Å². The third-order valence-electron chi connectivity index (χ3n) is 12.5. The Labute approximate surface area is 227 Å². The van der Waals surface area contributed by atoms with E-state index < -0.39 is 0 Å². The Bertz CT molecular complexity index is 1020. The molecule has 0 heterocycles. The smallest absolute Gasteiger partial charge is 0.144 e. The Morgan fingerprint density at radius 1 is 0.946 bits per heavy atom. The van der Waals surface area contributed by atoms with E-state index in [0.29, 0.717) is 22.4 Å². The first kappa shape index (κ1) is 26.9. The van der Waals surface area contributed by atoms with E-state index >= 15 is 0 Å². The summed E-state index contributed by atoms with van der Waals surface area (Å²) in [7, 11) is 0. The second-order valence-corrected chi connectivity index (χ2v) is 15.0. The van der Waals surface area contributed by atoms with Crippen LogP contribution in [0.4, 0.5) is 11.4 Å². The Balaban J connectivity index is 1.34. The van der Waals surface area contributed by atoms with Gasteiger partial charge < -0.3 is 16.2 Å². The molecule has 0 aromatic heterocycles. The molecule has 4 aliphatic rings. The number of anilines is 2. The topological polar surface area (TPSA) is 61.3 Å². The molecule has 0 aliphatic heterocycles. The average Bonchev–Trinajstić information content (AvgIpc) is 3.19. The number of benzene rings is 1. The number of rotatable bonds is 5. The van der Waals surface area contributed by atoms with Crippen LogP contribution in [0.3, 0.4) is 0 Å². The lowest BCUT2D eigenvalue weighted by molar-refractivity contribution is -0.174. The average molecular weight is 507 g/mol. The van der Waals surface area contributed by atoms with Gasteiger partial charge in [0.2, 0.25) is 0 Å². The molecule has 4 saturated carbocycles. The van der Waals surface area contributed by atoms with Crippen LogP contribution < -0.4 is 16.2 Å². The molecule has 5 rings (SSSR count). The summed E-state index contributed by atoms with van der Waals surface area (Å²) in [5, 5.41) is 0. The number of nitrogens with two attached hydrogens (primary N) is 2. The van der Waals surface area contributed by atoms with Crippen molar-refractivity contribution >= 4 is 11.4 Å². The lowest BCUT2D eigenvalue weighted by atomic mass is 9.41. The maximum absolute atomic E-state index is 6.67. The minimum absolute atomic E-state index is 0.118. The fraction of sp³-hybridized carbons (Fsp3) is 0.765. The molecule has 4 aliphatic carbocycles. The molecule has 0 saturated heterocycles. The van der Waals surface area contributed by atoms with Crippen LogP contribution in [0.1, 0.15) is 106 Å². The number of nitrogen functional groups attached to an aromatic ring is 2. The molecule has 4 fully saturated rings. The van der Waals surface area contributed by atoms with Gasteiger partial charge in [0.15, 0.2) is 0 Å². The summed E-state index contributed by atoms with van der Waals surface area (Å²) in [6.07, 6.45) is 14.9. The van der Waals surface area contributed by atoms with Gasteiger partial charge in [0.1, 0.15) is 11.9 Å². The van der Waals surface area contributed by atoms with Crippen LogP contribution in [0, 0.1) is 51.8 Å². The highest BCUT2D eigenvalue weighted by atomic mass is 16.5. The van der Waals surface area contributed by atoms with Crippen molar-refractivity contribution in [2.24, 2.45) is 51.8 Å². The minimum atomic E-state index is 0.118. The highest BCUT2D eigenvalue weighted by Crippen LogP contribution is 2.70. The predicted octanol–water partition coefficient (Wildman–Crippen LogP) is 8.89. The molecule has 9 atom stereocenters. The van der Waals surface area contributed by atoms with E-state index in [1.807, 2.05) is 18.2 Å². The van der Waals surface area contributed by atoms with Crippen molar-refractivity contribution in [3.05, 3.63) is 29.8 Å². The van der Waals surface area contributed by atoms with E-state index in [1.165, 1.54) is 56.9 Å². The molecule has 0 radical (unpaired) electrons. The van der Waals surface area contributed by atoms with E-state index in [0.717, 1.165) is 47.4 Å². The Morgan fingerprint density at radius 2 is 1.65 bits per heavy atom. The molecule has 0 bridgehead atoms. The Hall–Kier alpha value is -1.64. The van der Waals surface area contributed by atoms with Crippen molar-refractivity contribution in [1.29, 1.82) is 0 Å². The summed E-state index contributed by atoms with van der Waals surface area (Å²) in [4.78, 5) is 0. The van der Waals surface area contributed by atoms with Crippen molar-refractivity contribution in [1.82, 2.24) is 0 Å². The van der Waals surface area contributed by atoms with Gasteiger partial charge in [-0.1, -0.05) is 46.3 Å². The number of ether oxygens (including phenoxy) is 1. The van der Waals surface area contributed by atoms with E-state index in [4.69, 9.17) is 16.2 Å². The van der Waals surface area contributed by atoms with Crippen LogP contribution >= 0.6 is 0 Å². The lowest BCUT2D eigenvalue weighted by Crippen LogP contribution is -2.60. The third-order valence-corrected chi connectivity index (χ3v) is 12.5. The van der Waals surface area contributed by atoms with E-state index in [9.17, 15) is 0 Å². The first-order valence-corrected chi connectivity index (χ1v) is 15.3. The van der Waals surface area contributed by atoms with Crippen molar-refractivity contribution in [2.45, 2.75) is 112 Å². The molecule has 3 heteroatoms. The first-order chi connectivity index (χ1) is 17.4. The van der Waals surface area contributed by atoms with Gasteiger partial charge in [-0.3, -0.25) is 0 Å². The second kappa shape index (κ2) is 9.53. The molecule has 3 nitrogen and oxygen atoms in total. The van der Waals surface area contributed by atoms with Crippen LogP contribution in [0.2, 0.25) is 0 Å². The quantitative estimate of drug-likeness (QED) is 0.309. The summed E-state index contributed by atoms with van der Waals surface area (Å²) < 4.78 is 6.67. The predicted molar refractivity (Wildman–Crippen MR) is 157 cm³/mol. The molecule has 37 heavy (non-hydrogen) atoms. The van der Waals surface area contributed by atoms with E-state index in [-0.39, 0.29) is 11.5 Å². The standard InChI is InChI=1S/C34H54N2O/c1-21(2)8-9-22(3)25-12-13-26-24-11-15-30-32(4,5)31(37-29-20-23(35)10-14-28(29)36)17-19-34(30,7)27(24)16-18-33(25,26)6/h8,10,14,20,22,24-27,30-31H,9,11-13,15-19,35-36H2,1-7H3. The van der Waals surface area contributed by atoms with E-state index in [2.05, 4.69) is 54.5 Å². The summed E-state index contributed by atoms with van der Waals surface area (Å²) in [5.74, 6) is 5.87. The normalized spacial score (nSPS) is 41.2. The maximum atomic E-state index is 6.67. The zero-order valence-electron chi connectivity index (χ0n) is 24.8. The van der Waals surface area contributed by atoms with Gasteiger partial charge in [-0.15, -0.1) is 0 Å². The van der Waals surface area contributed by atoms with Crippen LogP contribution in [-0.4, -0.2) is 6.10 Å². The number of fused-ring (bicyclic) bond motifs is 5. The monoisotopic (exact) mass is 506 g/mol. The van der Waals surface area contributed by atoms with Gasteiger partial charge in [-0.05, 0) is 130 Å². The van der Waals surface area contributed by atoms with Gasteiger partial charge in [0.05, 0.1) is 5.69 Å². The highest BCUT2D eigenvalue weighted by molar-refractivity contribution is 5.59. The van der Waals surface area contributed by atoms with Crippen LogP contribution in [0.25, 0.3) is 0 Å². The fourth-order valence-corrected chi connectivity index (χ4v) is 10.7. The SMILES string of the molecule is CC(C)=CCC(C)C1CCC2C3CCC4C(C)(C)C(Oc5cc(N)ccc5N)CCC4(C)C3CCC12C. The van der Waals surface area contributed by atoms with Crippen LogP contribution in [0.15, 0.2) is 29.8 Å². The largest absolute Gasteiger partial charge is 0.488 e.